The first-order chi connectivity index (χ1) is 15.3. The zero-order valence-electron chi connectivity index (χ0n) is 16.9. The van der Waals surface area contributed by atoms with E-state index in [2.05, 4.69) is 42.2 Å². The maximum atomic E-state index is 13.4. The number of H-pyrrole nitrogens is 1. The van der Waals surface area contributed by atoms with Crippen LogP contribution in [0.3, 0.4) is 0 Å². The van der Waals surface area contributed by atoms with Crippen LogP contribution in [-0.4, -0.2) is 44.9 Å². The lowest BCUT2D eigenvalue weighted by Crippen LogP contribution is -2.52. The quantitative estimate of drug-likeness (QED) is 0.376. The minimum Gasteiger partial charge on any atom is -0.508 e. The lowest BCUT2D eigenvalue weighted by molar-refractivity contribution is 0.0366. The van der Waals surface area contributed by atoms with Crippen LogP contribution in [0.2, 0.25) is 5.02 Å². The number of fused-ring (bicyclic) bond motifs is 1. The summed E-state index contributed by atoms with van der Waals surface area (Å²) in [6.45, 7) is 0.413. The highest BCUT2D eigenvalue weighted by Crippen LogP contribution is 2.46. The van der Waals surface area contributed by atoms with Crippen LogP contribution >= 0.6 is 43.5 Å². The van der Waals surface area contributed by atoms with Gasteiger partial charge in [0.25, 0.3) is 11.8 Å². The van der Waals surface area contributed by atoms with Gasteiger partial charge < -0.3 is 20.3 Å². The highest BCUT2D eigenvalue weighted by Gasteiger charge is 2.52. The Morgan fingerprint density at radius 1 is 1.19 bits per heavy atom. The first-order valence-corrected chi connectivity index (χ1v) is 12.3. The number of carbonyl (C=O) groups is 2. The van der Waals surface area contributed by atoms with Crippen LogP contribution in [0, 0.1) is 0 Å². The molecule has 1 atom stereocenters. The molecule has 6 nitrogen and oxygen atoms in total. The Balaban J connectivity index is 1.38. The predicted octanol–water partition coefficient (Wildman–Crippen LogP) is 5.62. The Hall–Kier alpha value is -2.03. The Labute approximate surface area is 206 Å². The third kappa shape index (κ3) is 3.62. The van der Waals surface area contributed by atoms with Crippen LogP contribution in [0.15, 0.2) is 45.3 Å². The number of rotatable bonds is 3. The molecule has 2 heterocycles. The highest BCUT2D eigenvalue weighted by molar-refractivity contribution is 9.10. The molecule has 2 aromatic carbocycles. The van der Waals surface area contributed by atoms with E-state index < -0.39 is 0 Å². The molecule has 1 aliphatic heterocycles. The molecular formula is C23H20Br2ClN3O3. The number of aromatic hydroxyl groups is 1. The average molecular weight is 582 g/mol. The number of halogens is 3. The van der Waals surface area contributed by atoms with Crippen LogP contribution in [0.5, 0.6) is 5.75 Å². The summed E-state index contributed by atoms with van der Waals surface area (Å²) in [6.07, 6.45) is 3.56. The van der Waals surface area contributed by atoms with Gasteiger partial charge in [-0.1, -0.05) is 27.5 Å². The van der Waals surface area contributed by atoms with E-state index in [4.69, 9.17) is 11.6 Å². The normalized spacial score (nSPS) is 19.3. The number of nitrogens with zero attached hydrogens (tertiary/aromatic N) is 1. The van der Waals surface area contributed by atoms with Crippen molar-refractivity contribution >= 4 is 66.2 Å². The maximum Gasteiger partial charge on any atom is 0.269 e. The van der Waals surface area contributed by atoms with Crippen molar-refractivity contribution in [2.75, 3.05) is 6.54 Å². The molecule has 1 aromatic heterocycles. The first kappa shape index (κ1) is 21.8. The van der Waals surface area contributed by atoms with Crippen molar-refractivity contribution in [3.8, 4) is 5.75 Å². The number of amides is 2. The van der Waals surface area contributed by atoms with Crippen LogP contribution in [0.1, 0.15) is 46.5 Å². The first-order valence-electron chi connectivity index (χ1n) is 10.4. The van der Waals surface area contributed by atoms with Crippen molar-refractivity contribution in [2.45, 2.75) is 37.3 Å². The van der Waals surface area contributed by atoms with E-state index in [1.165, 1.54) is 12.1 Å². The van der Waals surface area contributed by atoms with Crippen LogP contribution in [0.25, 0.3) is 10.9 Å². The molecule has 2 amide bonds. The monoisotopic (exact) mass is 579 g/mol. The van der Waals surface area contributed by atoms with Gasteiger partial charge in [-0.25, -0.2) is 0 Å². The van der Waals surface area contributed by atoms with Gasteiger partial charge in [-0.3, -0.25) is 9.59 Å². The molecule has 1 saturated carbocycles. The second-order valence-corrected chi connectivity index (χ2v) is 10.7. The standard InChI is InChI=1S/C23H20Br2ClN3O3/c24-12-2-5-18-16(8-12)19(26)20(28-18)21(31)27-13-10-23(6-1-7-23)29(11-13)22(32)15-9-14(30)3-4-17(15)25/h2-5,8-9,13,28,30H,1,6-7,10-11H2,(H,27,31). The number of benzene rings is 2. The molecule has 1 aliphatic carbocycles. The number of aromatic amines is 1. The maximum absolute atomic E-state index is 13.4. The third-order valence-electron chi connectivity index (χ3n) is 6.57. The van der Waals surface area contributed by atoms with Gasteiger partial charge in [0.2, 0.25) is 0 Å². The zero-order valence-corrected chi connectivity index (χ0v) is 20.8. The van der Waals surface area contributed by atoms with Gasteiger partial charge in [-0.15, -0.1) is 0 Å². The van der Waals surface area contributed by atoms with E-state index in [-0.39, 0.29) is 29.1 Å². The number of hydrogen-bond donors (Lipinski definition) is 3. The van der Waals surface area contributed by atoms with Crippen molar-refractivity contribution in [1.29, 1.82) is 0 Å². The molecule has 1 saturated heterocycles. The number of aromatic nitrogens is 1. The fourth-order valence-electron chi connectivity index (χ4n) is 4.87. The van der Waals surface area contributed by atoms with Crippen LogP contribution in [0.4, 0.5) is 0 Å². The van der Waals surface area contributed by atoms with Gasteiger partial charge >= 0.3 is 0 Å². The SMILES string of the molecule is O=C(NC1CN(C(=O)c2cc(O)ccc2Br)C2(CCC2)C1)c1[nH]c2ccc(Br)cc2c1Cl. The van der Waals surface area contributed by atoms with Gasteiger partial charge in [0, 0.05) is 38.0 Å². The lowest BCUT2D eigenvalue weighted by Gasteiger charge is -2.45. The smallest absolute Gasteiger partial charge is 0.269 e. The Morgan fingerprint density at radius 2 is 1.97 bits per heavy atom. The van der Waals surface area contributed by atoms with E-state index in [9.17, 15) is 14.7 Å². The van der Waals surface area contributed by atoms with E-state index >= 15 is 0 Å². The van der Waals surface area contributed by atoms with Crippen LogP contribution in [-0.2, 0) is 0 Å². The Kier molecular flexibility index (Phi) is 5.50. The molecule has 166 valence electrons. The highest BCUT2D eigenvalue weighted by atomic mass is 79.9. The average Bonchev–Trinajstić information content (AvgIpc) is 3.28. The molecule has 5 rings (SSSR count). The van der Waals surface area contributed by atoms with Gasteiger partial charge in [0.15, 0.2) is 0 Å². The van der Waals surface area contributed by atoms with Crippen molar-refractivity contribution in [3.05, 3.63) is 61.6 Å². The molecule has 9 heteroatoms. The number of carbonyl (C=O) groups excluding carboxylic acids is 2. The van der Waals surface area contributed by atoms with E-state index in [1.807, 2.05) is 23.1 Å². The summed E-state index contributed by atoms with van der Waals surface area (Å²) in [7, 11) is 0. The van der Waals surface area contributed by atoms with Gasteiger partial charge in [0.1, 0.15) is 11.4 Å². The van der Waals surface area contributed by atoms with Gasteiger partial charge in [-0.2, -0.15) is 0 Å². The summed E-state index contributed by atoms with van der Waals surface area (Å²) < 4.78 is 1.52. The molecule has 3 aromatic rings. The molecule has 0 bridgehead atoms. The second-order valence-electron chi connectivity index (χ2n) is 8.54. The molecule has 3 N–H and O–H groups in total. The largest absolute Gasteiger partial charge is 0.508 e. The minimum atomic E-state index is -0.283. The molecule has 32 heavy (non-hydrogen) atoms. The fraction of sp³-hybridized carbons (Fsp3) is 0.304. The topological polar surface area (TPSA) is 85.4 Å². The van der Waals surface area contributed by atoms with E-state index in [1.54, 1.807) is 6.07 Å². The summed E-state index contributed by atoms with van der Waals surface area (Å²) in [5.41, 5.74) is 1.28. The lowest BCUT2D eigenvalue weighted by atomic mass is 9.74. The predicted molar refractivity (Wildman–Crippen MR) is 130 cm³/mol. The Morgan fingerprint density at radius 3 is 2.69 bits per heavy atom. The number of phenolic OH excluding ortho intramolecular Hbond substituents is 1. The van der Waals surface area contributed by atoms with Crippen molar-refractivity contribution in [2.24, 2.45) is 0 Å². The third-order valence-corrected chi connectivity index (χ3v) is 8.15. The van der Waals surface area contributed by atoms with E-state index in [0.29, 0.717) is 33.7 Å². The van der Waals surface area contributed by atoms with Gasteiger partial charge in [0.05, 0.1) is 10.6 Å². The molecule has 1 unspecified atom stereocenters. The number of nitrogens with one attached hydrogen (secondary N) is 2. The molecule has 2 aliphatic rings. The summed E-state index contributed by atoms with van der Waals surface area (Å²) in [5, 5.41) is 14.1. The molecular weight excluding hydrogens is 562 g/mol. The molecule has 2 fully saturated rings. The van der Waals surface area contributed by atoms with Crippen molar-refractivity contribution in [1.82, 2.24) is 15.2 Å². The van der Waals surface area contributed by atoms with Crippen LogP contribution < -0.4 is 5.32 Å². The summed E-state index contributed by atoms with van der Waals surface area (Å²) in [6, 6.07) is 10.1. The Bertz CT molecular complexity index is 1250. The number of likely N-dealkylation sites (tertiary alicyclic amines) is 1. The van der Waals surface area contributed by atoms with E-state index in [0.717, 1.165) is 34.6 Å². The summed E-state index contributed by atoms with van der Waals surface area (Å²) >= 11 is 13.3. The second kappa shape index (κ2) is 8.08. The molecule has 1 spiro atoms. The summed E-state index contributed by atoms with van der Waals surface area (Å²) in [5.74, 6) is -0.379. The fourth-order valence-corrected chi connectivity index (χ4v) is 5.94. The molecule has 0 radical (unpaired) electrons. The van der Waals surface area contributed by atoms with Gasteiger partial charge in [-0.05, 0) is 78.0 Å². The summed E-state index contributed by atoms with van der Waals surface area (Å²) in [4.78, 5) is 31.4. The van der Waals surface area contributed by atoms with Crippen molar-refractivity contribution in [3.63, 3.8) is 0 Å². The minimum absolute atomic E-state index is 0.0448. The number of hydrogen-bond acceptors (Lipinski definition) is 3. The number of phenols is 1. The van der Waals surface area contributed by atoms with Crippen molar-refractivity contribution < 1.29 is 14.7 Å². The zero-order chi connectivity index (χ0) is 22.6.